The fraction of sp³-hybridized carbons (Fsp3) is 0.765. The summed E-state index contributed by atoms with van der Waals surface area (Å²) in [5.74, 6) is 3.96. The molecule has 0 bridgehead atoms. The van der Waals surface area contributed by atoms with Crippen LogP contribution in [0, 0.1) is 12.8 Å². The molecule has 1 aromatic heterocycles. The zero-order chi connectivity index (χ0) is 15.2. The molecular weight excluding hydrogens is 260 g/mol. The largest absolute Gasteiger partial charge is 0.370 e. The van der Waals surface area contributed by atoms with Crippen LogP contribution in [-0.4, -0.2) is 29.6 Å². The Morgan fingerprint density at radius 1 is 1.24 bits per heavy atom. The second-order valence-corrected chi connectivity index (χ2v) is 6.08. The monoisotopic (exact) mass is 290 g/mol. The Labute approximate surface area is 129 Å². The summed E-state index contributed by atoms with van der Waals surface area (Å²) in [7, 11) is 0. The Balaban J connectivity index is 2.31. The third kappa shape index (κ3) is 3.86. The van der Waals surface area contributed by atoms with Crippen LogP contribution < -0.4 is 10.2 Å². The van der Waals surface area contributed by atoms with E-state index < -0.39 is 0 Å². The van der Waals surface area contributed by atoms with E-state index in [1.165, 1.54) is 24.8 Å². The highest BCUT2D eigenvalue weighted by atomic mass is 15.2. The Morgan fingerprint density at radius 3 is 2.71 bits per heavy atom. The number of nitrogens with zero attached hydrogens (tertiary/aromatic N) is 3. The van der Waals surface area contributed by atoms with Gasteiger partial charge in [0.15, 0.2) is 0 Å². The first-order valence-corrected chi connectivity index (χ1v) is 8.55. The highest BCUT2D eigenvalue weighted by Gasteiger charge is 2.22. The lowest BCUT2D eigenvalue weighted by Crippen LogP contribution is -2.36. The van der Waals surface area contributed by atoms with Crippen LogP contribution in [0.1, 0.15) is 57.8 Å². The van der Waals surface area contributed by atoms with Gasteiger partial charge in [-0.2, -0.15) is 0 Å². The van der Waals surface area contributed by atoms with Crippen LogP contribution in [0.3, 0.4) is 0 Å². The minimum Gasteiger partial charge on any atom is -0.370 e. The molecule has 118 valence electrons. The standard InChI is InChI=1S/C17H30N4/c1-5-9-15-19-16(18-7-3)13(4)17(20-15)21-11-8-10-14(6-2)12-21/h14H,5-12H2,1-4H3,(H,18,19,20). The SMILES string of the molecule is CCCc1nc(NCC)c(C)c(N2CCCC(CC)C2)n1. The highest BCUT2D eigenvalue weighted by Crippen LogP contribution is 2.29. The normalized spacial score (nSPS) is 18.9. The van der Waals surface area contributed by atoms with Gasteiger partial charge in [0, 0.05) is 31.6 Å². The molecule has 1 atom stereocenters. The van der Waals surface area contributed by atoms with Crippen molar-refractivity contribution in [2.75, 3.05) is 29.9 Å². The van der Waals surface area contributed by atoms with Crippen LogP contribution in [0.4, 0.5) is 11.6 Å². The number of hydrogen-bond donors (Lipinski definition) is 1. The Morgan fingerprint density at radius 2 is 2.05 bits per heavy atom. The first-order valence-electron chi connectivity index (χ1n) is 8.55. The van der Waals surface area contributed by atoms with E-state index in [-0.39, 0.29) is 0 Å². The third-order valence-corrected chi connectivity index (χ3v) is 4.38. The van der Waals surface area contributed by atoms with E-state index in [0.29, 0.717) is 0 Å². The van der Waals surface area contributed by atoms with Crippen molar-refractivity contribution in [2.45, 2.75) is 59.8 Å². The molecular formula is C17H30N4. The second kappa shape index (κ2) is 7.62. The van der Waals surface area contributed by atoms with Crippen molar-refractivity contribution >= 4 is 11.6 Å². The van der Waals surface area contributed by atoms with Crippen molar-refractivity contribution in [1.29, 1.82) is 0 Å². The molecule has 1 unspecified atom stereocenters. The molecule has 0 spiro atoms. The third-order valence-electron chi connectivity index (χ3n) is 4.38. The van der Waals surface area contributed by atoms with E-state index in [1.807, 2.05) is 0 Å². The van der Waals surface area contributed by atoms with Gasteiger partial charge in [-0.25, -0.2) is 9.97 Å². The van der Waals surface area contributed by atoms with Crippen molar-refractivity contribution < 1.29 is 0 Å². The maximum Gasteiger partial charge on any atom is 0.137 e. The van der Waals surface area contributed by atoms with Crippen molar-refractivity contribution in [2.24, 2.45) is 5.92 Å². The fourth-order valence-electron chi connectivity index (χ4n) is 3.12. The molecule has 0 aromatic carbocycles. The molecule has 1 aliphatic rings. The average molecular weight is 290 g/mol. The van der Waals surface area contributed by atoms with Gasteiger partial charge < -0.3 is 10.2 Å². The van der Waals surface area contributed by atoms with Crippen LogP contribution in [-0.2, 0) is 6.42 Å². The van der Waals surface area contributed by atoms with Crippen LogP contribution in [0.2, 0.25) is 0 Å². The van der Waals surface area contributed by atoms with Gasteiger partial charge in [0.25, 0.3) is 0 Å². The lowest BCUT2D eigenvalue weighted by atomic mass is 9.95. The molecule has 0 radical (unpaired) electrons. The van der Waals surface area contributed by atoms with Gasteiger partial charge in [-0.15, -0.1) is 0 Å². The molecule has 1 N–H and O–H groups in total. The van der Waals surface area contributed by atoms with Crippen LogP contribution in [0.5, 0.6) is 0 Å². The maximum absolute atomic E-state index is 4.87. The number of rotatable bonds is 6. The van der Waals surface area contributed by atoms with E-state index in [1.54, 1.807) is 0 Å². The van der Waals surface area contributed by atoms with Crippen molar-refractivity contribution in [3.8, 4) is 0 Å². The quantitative estimate of drug-likeness (QED) is 0.865. The molecule has 4 nitrogen and oxygen atoms in total. The summed E-state index contributed by atoms with van der Waals surface area (Å²) in [4.78, 5) is 12.1. The van der Waals surface area contributed by atoms with Crippen LogP contribution >= 0.6 is 0 Å². The average Bonchev–Trinajstić information content (AvgIpc) is 2.51. The van der Waals surface area contributed by atoms with Gasteiger partial charge in [-0.05, 0) is 39.0 Å². The molecule has 1 aromatic rings. The summed E-state index contributed by atoms with van der Waals surface area (Å²) >= 11 is 0. The molecule has 1 fully saturated rings. The zero-order valence-electron chi connectivity index (χ0n) is 14.1. The van der Waals surface area contributed by atoms with Gasteiger partial charge >= 0.3 is 0 Å². The number of anilines is 2. The number of aryl methyl sites for hydroxylation is 1. The van der Waals surface area contributed by atoms with Gasteiger partial charge in [-0.3, -0.25) is 0 Å². The van der Waals surface area contributed by atoms with Crippen molar-refractivity contribution in [1.82, 2.24) is 9.97 Å². The molecule has 2 heterocycles. The molecule has 0 saturated carbocycles. The molecule has 0 amide bonds. The highest BCUT2D eigenvalue weighted by molar-refractivity contribution is 5.59. The molecule has 21 heavy (non-hydrogen) atoms. The van der Waals surface area contributed by atoms with Gasteiger partial charge in [0.2, 0.25) is 0 Å². The minimum atomic E-state index is 0.810. The smallest absolute Gasteiger partial charge is 0.137 e. The summed E-state index contributed by atoms with van der Waals surface area (Å²) in [5, 5.41) is 3.40. The van der Waals surface area contributed by atoms with Gasteiger partial charge in [0.1, 0.15) is 17.5 Å². The fourth-order valence-corrected chi connectivity index (χ4v) is 3.12. The second-order valence-electron chi connectivity index (χ2n) is 6.08. The Kier molecular flexibility index (Phi) is 5.83. The van der Waals surface area contributed by atoms with E-state index >= 15 is 0 Å². The van der Waals surface area contributed by atoms with Crippen LogP contribution in [0.25, 0.3) is 0 Å². The molecule has 2 rings (SSSR count). The predicted octanol–water partition coefficient (Wildman–Crippen LogP) is 3.80. The van der Waals surface area contributed by atoms with Crippen molar-refractivity contribution in [3.05, 3.63) is 11.4 Å². The van der Waals surface area contributed by atoms with Crippen LogP contribution in [0.15, 0.2) is 0 Å². The lowest BCUT2D eigenvalue weighted by molar-refractivity contribution is 0.402. The number of hydrogen-bond acceptors (Lipinski definition) is 4. The lowest BCUT2D eigenvalue weighted by Gasteiger charge is -2.34. The van der Waals surface area contributed by atoms with E-state index in [0.717, 1.165) is 55.9 Å². The molecule has 0 aliphatic carbocycles. The summed E-state index contributed by atoms with van der Waals surface area (Å²) < 4.78 is 0. The van der Waals surface area contributed by atoms with Gasteiger partial charge in [0.05, 0.1) is 0 Å². The van der Waals surface area contributed by atoms with E-state index in [9.17, 15) is 0 Å². The topological polar surface area (TPSA) is 41.1 Å². The molecule has 4 heteroatoms. The summed E-state index contributed by atoms with van der Waals surface area (Å²) in [6.45, 7) is 11.9. The zero-order valence-corrected chi connectivity index (χ0v) is 14.1. The summed E-state index contributed by atoms with van der Waals surface area (Å²) in [5.41, 5.74) is 1.20. The Hall–Kier alpha value is -1.32. The predicted molar refractivity (Wildman–Crippen MR) is 90.2 cm³/mol. The number of nitrogens with one attached hydrogen (secondary N) is 1. The maximum atomic E-state index is 4.87. The van der Waals surface area contributed by atoms with E-state index in [2.05, 4.69) is 37.9 Å². The van der Waals surface area contributed by atoms with Gasteiger partial charge in [-0.1, -0.05) is 20.3 Å². The van der Waals surface area contributed by atoms with E-state index in [4.69, 9.17) is 9.97 Å². The number of piperidine rings is 1. The summed E-state index contributed by atoms with van der Waals surface area (Å²) in [6, 6.07) is 0. The first-order chi connectivity index (χ1) is 10.2. The number of aromatic nitrogens is 2. The molecule has 1 saturated heterocycles. The first kappa shape index (κ1) is 16.1. The molecule has 1 aliphatic heterocycles. The summed E-state index contributed by atoms with van der Waals surface area (Å²) in [6.07, 6.45) is 5.95. The minimum absolute atomic E-state index is 0.810. The Bertz CT molecular complexity index is 458. The van der Waals surface area contributed by atoms with Crippen molar-refractivity contribution in [3.63, 3.8) is 0 Å².